The molecule has 1 spiro atoms. The fraction of sp³-hybridized carbons (Fsp3) is 0.714. The van der Waals surface area contributed by atoms with E-state index in [0.717, 1.165) is 50.6 Å². The van der Waals surface area contributed by atoms with Gasteiger partial charge in [-0.25, -0.2) is 9.97 Å². The Morgan fingerprint density at radius 3 is 2.36 bits per heavy atom. The number of carbonyl (C=O) groups excluding carboxylic acids is 1. The van der Waals surface area contributed by atoms with Crippen molar-refractivity contribution in [2.24, 2.45) is 16.5 Å². The van der Waals surface area contributed by atoms with E-state index in [1.54, 1.807) is 12.4 Å². The van der Waals surface area contributed by atoms with Crippen molar-refractivity contribution in [2.75, 3.05) is 31.1 Å². The van der Waals surface area contributed by atoms with Crippen molar-refractivity contribution < 1.29 is 9.63 Å². The predicted octanol–water partition coefficient (Wildman–Crippen LogP) is 2.88. The number of oxime groups is 1. The van der Waals surface area contributed by atoms with E-state index in [-0.39, 0.29) is 11.5 Å². The summed E-state index contributed by atoms with van der Waals surface area (Å²) in [6, 6.07) is 1.81. The molecular formula is C21H31N5O2. The lowest BCUT2D eigenvalue weighted by Gasteiger charge is -2.40. The van der Waals surface area contributed by atoms with Crippen LogP contribution in [0.2, 0.25) is 0 Å². The number of anilines is 1. The quantitative estimate of drug-likeness (QED) is 0.783. The highest BCUT2D eigenvalue weighted by Gasteiger charge is 2.46. The van der Waals surface area contributed by atoms with Crippen LogP contribution in [-0.2, 0) is 9.63 Å². The Labute approximate surface area is 167 Å². The summed E-state index contributed by atoms with van der Waals surface area (Å²) in [4.78, 5) is 31.4. The molecule has 0 atom stereocenters. The maximum Gasteiger partial charge on any atom is 0.271 e. The lowest BCUT2D eigenvalue weighted by Crippen LogP contribution is -2.51. The van der Waals surface area contributed by atoms with Gasteiger partial charge >= 0.3 is 0 Å². The van der Waals surface area contributed by atoms with Gasteiger partial charge in [0.25, 0.3) is 5.91 Å². The minimum Gasteiger partial charge on any atom is -0.388 e. The van der Waals surface area contributed by atoms with Crippen LogP contribution in [0.25, 0.3) is 0 Å². The number of hydrogen-bond acceptors (Lipinski definition) is 6. The van der Waals surface area contributed by atoms with E-state index in [4.69, 9.17) is 4.84 Å². The van der Waals surface area contributed by atoms with Gasteiger partial charge in [-0.15, -0.1) is 0 Å². The van der Waals surface area contributed by atoms with Gasteiger partial charge in [-0.1, -0.05) is 25.9 Å². The van der Waals surface area contributed by atoms with Gasteiger partial charge in [-0.3, -0.25) is 4.79 Å². The second-order valence-electron chi connectivity index (χ2n) is 9.46. The molecular weight excluding hydrogens is 354 g/mol. The summed E-state index contributed by atoms with van der Waals surface area (Å²) < 4.78 is 0. The van der Waals surface area contributed by atoms with Gasteiger partial charge in [0, 0.05) is 45.0 Å². The first kappa shape index (κ1) is 19.2. The third-order valence-electron chi connectivity index (χ3n) is 6.61. The summed E-state index contributed by atoms with van der Waals surface area (Å²) in [5.41, 5.74) is 0.688. The van der Waals surface area contributed by atoms with Gasteiger partial charge in [0.2, 0.25) is 5.95 Å². The minimum absolute atomic E-state index is 0.0310. The number of piperazine rings is 1. The molecule has 0 radical (unpaired) electrons. The van der Waals surface area contributed by atoms with Crippen molar-refractivity contribution in [3.63, 3.8) is 0 Å². The zero-order chi connectivity index (χ0) is 19.8. The zero-order valence-corrected chi connectivity index (χ0v) is 17.2. The van der Waals surface area contributed by atoms with Gasteiger partial charge in [-0.2, -0.15) is 0 Å². The average molecular weight is 386 g/mol. The average Bonchev–Trinajstić information content (AvgIpc) is 3.11. The Balaban J connectivity index is 1.30. The SMILES string of the molecule is CC(C)(C)[C@H]1CC[C@@]2(CC1)CC(C(=O)N1CCN(c3ncccn3)CC1)=NO2. The molecule has 1 aromatic rings. The fourth-order valence-corrected chi connectivity index (χ4v) is 4.66. The molecule has 2 fully saturated rings. The van der Waals surface area contributed by atoms with Crippen molar-refractivity contribution in [1.82, 2.24) is 14.9 Å². The number of amides is 1. The monoisotopic (exact) mass is 385 g/mol. The largest absolute Gasteiger partial charge is 0.388 e. The van der Waals surface area contributed by atoms with Crippen molar-refractivity contribution in [2.45, 2.75) is 58.5 Å². The molecule has 7 heteroatoms. The van der Waals surface area contributed by atoms with Gasteiger partial charge in [0.15, 0.2) is 0 Å². The topological polar surface area (TPSA) is 70.9 Å². The number of aromatic nitrogens is 2. The molecule has 0 bridgehead atoms. The first-order valence-corrected chi connectivity index (χ1v) is 10.4. The Hall–Kier alpha value is -2.18. The summed E-state index contributed by atoms with van der Waals surface area (Å²) in [6.07, 6.45) is 8.44. The minimum atomic E-state index is -0.244. The molecule has 1 aromatic heterocycles. The van der Waals surface area contributed by atoms with E-state index in [2.05, 4.69) is 40.8 Å². The van der Waals surface area contributed by atoms with E-state index in [9.17, 15) is 4.79 Å². The highest BCUT2D eigenvalue weighted by molar-refractivity contribution is 6.39. The maximum absolute atomic E-state index is 13.0. The summed E-state index contributed by atoms with van der Waals surface area (Å²) in [5.74, 6) is 1.48. The number of nitrogens with zero attached hydrogens (tertiary/aromatic N) is 5. The van der Waals surface area contributed by atoms with Crippen molar-refractivity contribution in [1.29, 1.82) is 0 Å². The van der Waals surface area contributed by atoms with Crippen molar-refractivity contribution in [3.8, 4) is 0 Å². The van der Waals surface area contributed by atoms with E-state index in [0.29, 0.717) is 30.6 Å². The predicted molar refractivity (Wildman–Crippen MR) is 108 cm³/mol. The van der Waals surface area contributed by atoms with E-state index >= 15 is 0 Å². The lowest BCUT2D eigenvalue weighted by atomic mass is 9.67. The van der Waals surface area contributed by atoms with Gasteiger partial charge in [0.1, 0.15) is 11.3 Å². The van der Waals surface area contributed by atoms with E-state index in [1.165, 1.54) is 0 Å². The summed E-state index contributed by atoms with van der Waals surface area (Å²) >= 11 is 0. The third kappa shape index (κ3) is 3.84. The molecule has 0 N–H and O–H groups in total. The molecule has 1 saturated heterocycles. The second-order valence-corrected chi connectivity index (χ2v) is 9.46. The van der Waals surface area contributed by atoms with E-state index < -0.39 is 0 Å². The first-order valence-electron chi connectivity index (χ1n) is 10.4. The van der Waals surface area contributed by atoms with Crippen molar-refractivity contribution >= 4 is 17.6 Å². The van der Waals surface area contributed by atoms with Gasteiger partial charge in [0.05, 0.1) is 0 Å². The molecule has 0 unspecified atom stereocenters. The molecule has 7 nitrogen and oxygen atoms in total. The first-order chi connectivity index (χ1) is 13.4. The van der Waals surface area contributed by atoms with Crippen LogP contribution >= 0.6 is 0 Å². The molecule has 3 heterocycles. The zero-order valence-electron chi connectivity index (χ0n) is 17.2. The van der Waals surface area contributed by atoms with Crippen LogP contribution in [0.4, 0.5) is 5.95 Å². The van der Waals surface area contributed by atoms with Crippen LogP contribution in [0.15, 0.2) is 23.6 Å². The maximum atomic E-state index is 13.0. The van der Waals surface area contributed by atoms with E-state index in [1.807, 2.05) is 11.0 Å². The Kier molecular flexibility index (Phi) is 5.02. The highest BCUT2D eigenvalue weighted by atomic mass is 16.7. The van der Waals surface area contributed by atoms with Crippen LogP contribution in [0.3, 0.4) is 0 Å². The van der Waals surface area contributed by atoms with Gasteiger partial charge in [-0.05, 0) is 43.1 Å². The number of hydrogen-bond donors (Lipinski definition) is 0. The molecule has 1 amide bonds. The van der Waals surface area contributed by atoms with Crippen LogP contribution in [0, 0.1) is 11.3 Å². The Bertz CT molecular complexity index is 727. The smallest absolute Gasteiger partial charge is 0.271 e. The molecule has 4 rings (SSSR count). The highest BCUT2D eigenvalue weighted by Crippen LogP contribution is 2.46. The summed E-state index contributed by atoms with van der Waals surface area (Å²) in [5, 5.41) is 4.24. The Morgan fingerprint density at radius 2 is 1.75 bits per heavy atom. The molecule has 0 aromatic carbocycles. The van der Waals surface area contributed by atoms with Crippen LogP contribution in [0.5, 0.6) is 0 Å². The third-order valence-corrected chi connectivity index (χ3v) is 6.61. The lowest BCUT2D eigenvalue weighted by molar-refractivity contribution is -0.124. The number of carbonyl (C=O) groups is 1. The Morgan fingerprint density at radius 1 is 1.11 bits per heavy atom. The molecule has 1 aliphatic carbocycles. The second kappa shape index (κ2) is 7.33. The number of rotatable bonds is 2. The molecule has 1 saturated carbocycles. The molecule has 152 valence electrons. The molecule has 3 aliphatic rings. The van der Waals surface area contributed by atoms with Crippen LogP contribution < -0.4 is 4.90 Å². The van der Waals surface area contributed by atoms with Gasteiger partial charge < -0.3 is 14.6 Å². The van der Waals surface area contributed by atoms with Crippen molar-refractivity contribution in [3.05, 3.63) is 18.5 Å². The van der Waals surface area contributed by atoms with Crippen LogP contribution in [-0.4, -0.2) is 58.3 Å². The fourth-order valence-electron chi connectivity index (χ4n) is 4.66. The van der Waals surface area contributed by atoms with Crippen LogP contribution in [0.1, 0.15) is 52.9 Å². The molecule has 28 heavy (non-hydrogen) atoms. The molecule has 2 aliphatic heterocycles. The summed E-state index contributed by atoms with van der Waals surface area (Å²) in [6.45, 7) is 9.75. The summed E-state index contributed by atoms with van der Waals surface area (Å²) in [7, 11) is 0. The normalized spacial score (nSPS) is 28.2. The standard InChI is InChI=1S/C21H31N5O2/c1-20(2,3)16-5-7-21(8-6-16)15-17(24-28-21)18(27)25-11-13-26(14-12-25)19-22-9-4-10-23-19/h4,9-10,16H,5-8,11-15H2,1-3H3/t16-,21+.